The SMILES string of the molecule is Cc1c(C(C)(C)C)ccc2c(O[Si](C)C)c(C(=O)c3cn(C(c4ccccc4)(c4ccccc4)c4ccccc4)cn3)ccc12. The van der Waals surface area contributed by atoms with E-state index < -0.39 is 14.6 Å². The molecule has 0 saturated carbocycles. The molecular formula is C40H39N2O2Si. The molecule has 0 unspecified atom stereocenters. The Morgan fingerprint density at radius 1 is 0.711 bits per heavy atom. The van der Waals surface area contributed by atoms with E-state index in [1.54, 1.807) is 6.33 Å². The van der Waals surface area contributed by atoms with Gasteiger partial charge in [0.05, 0.1) is 11.9 Å². The first-order valence-corrected chi connectivity index (χ1v) is 17.8. The Morgan fingerprint density at radius 3 is 1.71 bits per heavy atom. The summed E-state index contributed by atoms with van der Waals surface area (Å²) < 4.78 is 8.59. The molecule has 0 N–H and O–H groups in total. The molecule has 1 heterocycles. The van der Waals surface area contributed by atoms with Gasteiger partial charge in [-0.25, -0.2) is 4.98 Å². The molecule has 0 aliphatic heterocycles. The number of hydrogen-bond acceptors (Lipinski definition) is 3. The van der Waals surface area contributed by atoms with Gasteiger partial charge in [-0.1, -0.05) is 130 Å². The molecule has 5 heteroatoms. The second-order valence-electron chi connectivity index (χ2n) is 12.8. The maximum absolute atomic E-state index is 14.4. The maximum Gasteiger partial charge on any atom is 0.274 e. The van der Waals surface area contributed by atoms with Crippen LogP contribution in [0.2, 0.25) is 13.1 Å². The van der Waals surface area contributed by atoms with Gasteiger partial charge in [-0.05, 0) is 64.7 Å². The maximum atomic E-state index is 14.4. The first-order chi connectivity index (χ1) is 21.6. The zero-order valence-electron chi connectivity index (χ0n) is 26.8. The minimum Gasteiger partial charge on any atom is -0.542 e. The van der Waals surface area contributed by atoms with Gasteiger partial charge in [0.1, 0.15) is 17.0 Å². The third-order valence-corrected chi connectivity index (χ3v) is 9.17. The predicted octanol–water partition coefficient (Wildman–Crippen LogP) is 9.34. The van der Waals surface area contributed by atoms with Gasteiger partial charge in [0.25, 0.3) is 9.04 Å². The highest BCUT2D eigenvalue weighted by molar-refractivity contribution is 6.49. The summed E-state index contributed by atoms with van der Waals surface area (Å²) in [5.74, 6) is 0.490. The van der Waals surface area contributed by atoms with E-state index >= 15 is 0 Å². The van der Waals surface area contributed by atoms with Gasteiger partial charge in [0.15, 0.2) is 0 Å². The highest BCUT2D eigenvalue weighted by atomic mass is 28.3. The van der Waals surface area contributed by atoms with E-state index in [0.717, 1.165) is 27.5 Å². The van der Waals surface area contributed by atoms with Crippen molar-refractivity contribution in [2.24, 2.45) is 0 Å². The third kappa shape index (κ3) is 5.42. The summed E-state index contributed by atoms with van der Waals surface area (Å²) in [5.41, 5.74) is 5.88. The van der Waals surface area contributed by atoms with Crippen LogP contribution in [0.4, 0.5) is 0 Å². The van der Waals surface area contributed by atoms with Crippen molar-refractivity contribution in [2.45, 2.75) is 51.7 Å². The molecule has 225 valence electrons. The molecule has 0 saturated heterocycles. The monoisotopic (exact) mass is 607 g/mol. The number of carbonyl (C=O) groups excluding carboxylic acids is 1. The molecule has 6 rings (SSSR count). The molecule has 45 heavy (non-hydrogen) atoms. The Morgan fingerprint density at radius 2 is 1.22 bits per heavy atom. The van der Waals surface area contributed by atoms with Crippen LogP contribution < -0.4 is 4.43 Å². The average Bonchev–Trinajstić information content (AvgIpc) is 3.53. The lowest BCUT2D eigenvalue weighted by molar-refractivity contribution is 0.103. The second kappa shape index (κ2) is 12.0. The summed E-state index contributed by atoms with van der Waals surface area (Å²) in [6.07, 6.45) is 3.68. The minimum atomic E-state index is -1.17. The van der Waals surface area contributed by atoms with E-state index in [0.29, 0.717) is 17.0 Å². The zero-order valence-corrected chi connectivity index (χ0v) is 27.8. The largest absolute Gasteiger partial charge is 0.542 e. The van der Waals surface area contributed by atoms with Gasteiger partial charge in [0, 0.05) is 11.6 Å². The first-order valence-electron chi connectivity index (χ1n) is 15.4. The van der Waals surface area contributed by atoms with Gasteiger partial charge in [-0.2, -0.15) is 0 Å². The van der Waals surface area contributed by atoms with Crippen LogP contribution in [-0.2, 0) is 11.0 Å². The van der Waals surface area contributed by atoms with Crippen molar-refractivity contribution in [2.75, 3.05) is 0 Å². The van der Waals surface area contributed by atoms with Crippen LogP contribution in [0.3, 0.4) is 0 Å². The number of carbonyl (C=O) groups is 1. The lowest BCUT2D eigenvalue weighted by Gasteiger charge is -2.37. The highest BCUT2D eigenvalue weighted by Gasteiger charge is 2.39. The Bertz CT molecular complexity index is 1860. The molecule has 0 fully saturated rings. The van der Waals surface area contributed by atoms with Crippen LogP contribution in [0, 0.1) is 6.92 Å². The van der Waals surface area contributed by atoms with E-state index in [1.807, 2.05) is 30.5 Å². The van der Waals surface area contributed by atoms with Crippen LogP contribution >= 0.6 is 0 Å². The number of fused-ring (bicyclic) bond motifs is 1. The summed E-state index contributed by atoms with van der Waals surface area (Å²) in [4.78, 5) is 19.2. The van der Waals surface area contributed by atoms with Gasteiger partial charge in [-0.15, -0.1) is 0 Å². The van der Waals surface area contributed by atoms with Crippen LogP contribution in [0.25, 0.3) is 10.8 Å². The minimum absolute atomic E-state index is 0.00778. The van der Waals surface area contributed by atoms with Crippen molar-refractivity contribution >= 4 is 25.6 Å². The number of aryl methyl sites for hydroxylation is 1. The number of aromatic nitrogens is 2. The summed E-state index contributed by atoms with van der Waals surface area (Å²) in [7, 11) is -1.17. The molecule has 0 bridgehead atoms. The molecule has 0 atom stereocenters. The van der Waals surface area contributed by atoms with Crippen molar-refractivity contribution in [3.05, 3.63) is 167 Å². The van der Waals surface area contributed by atoms with Crippen LogP contribution in [-0.4, -0.2) is 24.4 Å². The quantitative estimate of drug-likeness (QED) is 0.0984. The Hall–Kier alpha value is -4.74. The number of imidazole rings is 1. The molecule has 5 aromatic carbocycles. The third-order valence-electron chi connectivity index (χ3n) is 8.56. The molecule has 6 aromatic rings. The highest BCUT2D eigenvalue weighted by Crippen LogP contribution is 2.42. The topological polar surface area (TPSA) is 44.1 Å². The molecule has 1 aromatic heterocycles. The Balaban J connectivity index is 1.54. The summed E-state index contributed by atoms with van der Waals surface area (Å²) in [6, 6.07) is 39.5. The normalized spacial score (nSPS) is 12.1. The van der Waals surface area contributed by atoms with Crippen LogP contribution in [0.15, 0.2) is 128 Å². The first kappa shape index (κ1) is 30.3. The number of nitrogens with zero attached hydrogens (tertiary/aromatic N) is 2. The summed E-state index contributed by atoms with van der Waals surface area (Å²) in [5, 5.41) is 2.07. The molecular weight excluding hydrogens is 569 g/mol. The number of hydrogen-bond donors (Lipinski definition) is 0. The fraction of sp³-hybridized carbons (Fsp3) is 0.200. The summed E-state index contributed by atoms with van der Waals surface area (Å²) in [6.45, 7) is 13.0. The molecule has 0 amide bonds. The van der Waals surface area contributed by atoms with Crippen LogP contribution in [0.1, 0.15) is 64.6 Å². The van der Waals surface area contributed by atoms with Crippen molar-refractivity contribution in [1.29, 1.82) is 0 Å². The van der Waals surface area contributed by atoms with Gasteiger partial charge in [0.2, 0.25) is 5.78 Å². The zero-order chi connectivity index (χ0) is 31.8. The lowest BCUT2D eigenvalue weighted by atomic mass is 9.77. The van der Waals surface area contributed by atoms with Gasteiger partial charge >= 0.3 is 0 Å². The number of benzene rings is 5. The molecule has 0 aliphatic carbocycles. The number of ketones is 1. The van der Waals surface area contributed by atoms with Gasteiger partial charge < -0.3 is 8.99 Å². The fourth-order valence-corrected chi connectivity index (χ4v) is 7.21. The van der Waals surface area contributed by atoms with E-state index in [9.17, 15) is 4.79 Å². The second-order valence-corrected chi connectivity index (χ2v) is 14.9. The summed E-state index contributed by atoms with van der Waals surface area (Å²) >= 11 is 0. The van der Waals surface area contributed by atoms with E-state index in [2.05, 4.69) is 136 Å². The smallest absolute Gasteiger partial charge is 0.274 e. The Labute approximate surface area is 268 Å². The van der Waals surface area contributed by atoms with E-state index in [-0.39, 0.29) is 11.2 Å². The fourth-order valence-electron chi connectivity index (χ4n) is 6.58. The average molecular weight is 608 g/mol. The van der Waals surface area contributed by atoms with Crippen molar-refractivity contribution < 1.29 is 9.22 Å². The van der Waals surface area contributed by atoms with Crippen molar-refractivity contribution in [3.8, 4) is 5.75 Å². The van der Waals surface area contributed by atoms with Crippen LogP contribution in [0.5, 0.6) is 5.75 Å². The van der Waals surface area contributed by atoms with Gasteiger partial charge in [-0.3, -0.25) is 4.79 Å². The molecule has 4 nitrogen and oxygen atoms in total. The standard InChI is InChI=1S/C40H39N2O2Si/c1-28-32-22-23-34(38(44-45(5)6)33(32)24-25-35(28)39(2,3)4)37(43)36-26-42(27-41-36)40(29-16-10-7-11-17-29,30-18-12-8-13-19-30)31-20-14-9-15-21-31/h7-27H,1-6H3. The van der Waals surface area contributed by atoms with E-state index in [4.69, 9.17) is 9.41 Å². The predicted molar refractivity (Wildman–Crippen MR) is 186 cm³/mol. The van der Waals surface area contributed by atoms with Crippen molar-refractivity contribution in [3.63, 3.8) is 0 Å². The molecule has 0 spiro atoms. The Kier molecular flexibility index (Phi) is 8.06. The lowest BCUT2D eigenvalue weighted by Crippen LogP contribution is -2.37. The molecule has 0 aliphatic rings. The van der Waals surface area contributed by atoms with E-state index in [1.165, 1.54) is 11.1 Å². The molecule has 1 radical (unpaired) electrons. The number of rotatable bonds is 8. The van der Waals surface area contributed by atoms with Crippen molar-refractivity contribution in [1.82, 2.24) is 9.55 Å².